The lowest BCUT2D eigenvalue weighted by Gasteiger charge is -2.11. The molecule has 0 aliphatic heterocycles. The van der Waals surface area contributed by atoms with Crippen LogP contribution in [0.15, 0.2) is 66.7 Å². The van der Waals surface area contributed by atoms with Gasteiger partial charge in [-0.25, -0.2) is 0 Å². The minimum Gasteiger partial charge on any atom is -0.0999 e. The van der Waals surface area contributed by atoms with Crippen LogP contribution in [-0.2, 0) is 6.42 Å². The lowest BCUT2D eigenvalue weighted by Crippen LogP contribution is -1.93. The van der Waals surface area contributed by atoms with Gasteiger partial charge in [0.1, 0.15) is 0 Å². The minimum atomic E-state index is 0.760. The predicted octanol–water partition coefficient (Wildman–Crippen LogP) is 7.87. The molecule has 0 saturated carbocycles. The Labute approximate surface area is 156 Å². The highest BCUT2D eigenvalue weighted by molar-refractivity contribution is 5.25. The molecular weight excluding hydrogens is 300 g/mol. The highest BCUT2D eigenvalue weighted by atomic mass is 14.1. The molecule has 0 bridgehead atoms. The lowest BCUT2D eigenvalue weighted by atomic mass is 9.94. The first-order valence-electron chi connectivity index (χ1n) is 9.88. The van der Waals surface area contributed by atoms with Crippen molar-refractivity contribution in [3.05, 3.63) is 83.4 Å². The summed E-state index contributed by atoms with van der Waals surface area (Å²) in [6, 6.07) is 19.4. The number of allylic oxidation sites excluding steroid dienone is 1. The summed E-state index contributed by atoms with van der Waals surface area (Å²) >= 11 is 0. The molecule has 2 aromatic rings. The fraction of sp³-hybridized carbons (Fsp3) is 0.440. The maximum absolute atomic E-state index is 4.03. The van der Waals surface area contributed by atoms with Crippen molar-refractivity contribution in [2.75, 3.05) is 0 Å². The van der Waals surface area contributed by atoms with Gasteiger partial charge in [-0.05, 0) is 68.1 Å². The molecule has 0 amide bonds. The number of aryl methyl sites for hydroxylation is 2. The van der Waals surface area contributed by atoms with Crippen molar-refractivity contribution in [2.24, 2.45) is 0 Å². The molecule has 25 heavy (non-hydrogen) atoms. The van der Waals surface area contributed by atoms with Crippen LogP contribution < -0.4 is 0 Å². The van der Waals surface area contributed by atoms with Gasteiger partial charge in [-0.2, -0.15) is 0 Å². The summed E-state index contributed by atoms with van der Waals surface area (Å²) in [6.45, 7) is 12.9. The second-order valence-electron chi connectivity index (χ2n) is 6.81. The monoisotopic (exact) mass is 336 g/mol. The molecule has 0 heterocycles. The average molecular weight is 337 g/mol. The maximum atomic E-state index is 4.03. The zero-order valence-electron chi connectivity index (χ0n) is 16.7. The van der Waals surface area contributed by atoms with Crippen LogP contribution in [-0.4, -0.2) is 0 Å². The van der Waals surface area contributed by atoms with Crippen LogP contribution in [0.2, 0.25) is 0 Å². The summed E-state index contributed by atoms with van der Waals surface area (Å²) in [5.41, 5.74) is 5.75. The van der Waals surface area contributed by atoms with Crippen molar-refractivity contribution in [3.8, 4) is 0 Å². The molecule has 0 nitrogen and oxygen atoms in total. The van der Waals surface area contributed by atoms with E-state index in [2.05, 4.69) is 88.9 Å². The van der Waals surface area contributed by atoms with Crippen LogP contribution in [0.5, 0.6) is 0 Å². The maximum Gasteiger partial charge on any atom is -0.0167 e. The summed E-state index contributed by atoms with van der Waals surface area (Å²) in [6.07, 6.45) is 7.21. The molecule has 2 rings (SSSR count). The first-order valence-corrected chi connectivity index (χ1v) is 9.88. The van der Waals surface area contributed by atoms with Crippen LogP contribution in [0.3, 0.4) is 0 Å². The van der Waals surface area contributed by atoms with Gasteiger partial charge in [0, 0.05) is 0 Å². The summed E-state index contributed by atoms with van der Waals surface area (Å²) in [4.78, 5) is 0. The van der Waals surface area contributed by atoms with Gasteiger partial charge < -0.3 is 0 Å². The summed E-state index contributed by atoms with van der Waals surface area (Å²) in [7, 11) is 0. The van der Waals surface area contributed by atoms with Gasteiger partial charge in [0.15, 0.2) is 0 Å². The Balaban J connectivity index is 0.000000257. The number of hydrogen-bond acceptors (Lipinski definition) is 0. The topological polar surface area (TPSA) is 0 Å². The number of benzene rings is 2. The number of hydrogen-bond donors (Lipinski definition) is 0. The van der Waals surface area contributed by atoms with Gasteiger partial charge in [0.05, 0.1) is 0 Å². The van der Waals surface area contributed by atoms with Crippen LogP contribution >= 0.6 is 0 Å². The minimum absolute atomic E-state index is 0.760. The van der Waals surface area contributed by atoms with E-state index in [1.54, 1.807) is 0 Å². The van der Waals surface area contributed by atoms with E-state index in [0.29, 0.717) is 0 Å². The predicted molar refractivity (Wildman–Crippen MR) is 113 cm³/mol. The summed E-state index contributed by atoms with van der Waals surface area (Å²) < 4.78 is 0. The molecule has 0 aliphatic rings. The zero-order chi connectivity index (χ0) is 18.5. The molecule has 0 aliphatic carbocycles. The highest BCUT2D eigenvalue weighted by Gasteiger charge is 2.04. The molecule has 0 heteroatoms. The molecule has 0 fully saturated rings. The fourth-order valence-electron chi connectivity index (χ4n) is 3.08. The van der Waals surface area contributed by atoms with Crippen molar-refractivity contribution in [1.29, 1.82) is 0 Å². The molecule has 0 radical (unpaired) electrons. The van der Waals surface area contributed by atoms with Crippen LogP contribution in [0.1, 0.15) is 75.5 Å². The first-order chi connectivity index (χ1) is 12.1. The van der Waals surface area contributed by atoms with Gasteiger partial charge in [-0.15, -0.1) is 0 Å². The Hall–Kier alpha value is -1.82. The Morgan fingerprint density at radius 2 is 1.48 bits per heavy atom. The van der Waals surface area contributed by atoms with E-state index in [4.69, 9.17) is 0 Å². The third-order valence-electron chi connectivity index (χ3n) is 4.99. The average Bonchev–Trinajstić information content (AvgIpc) is 2.65. The largest absolute Gasteiger partial charge is 0.0999 e. The van der Waals surface area contributed by atoms with Crippen molar-refractivity contribution in [1.82, 2.24) is 0 Å². The van der Waals surface area contributed by atoms with E-state index in [9.17, 15) is 0 Å². The quantitative estimate of drug-likeness (QED) is 0.430. The normalized spacial score (nSPS) is 10.3. The Bertz CT molecular complexity index is 590. The third kappa shape index (κ3) is 8.20. The Morgan fingerprint density at radius 1 is 0.880 bits per heavy atom. The van der Waals surface area contributed by atoms with Crippen LogP contribution in [0.4, 0.5) is 0 Å². The fourth-order valence-corrected chi connectivity index (χ4v) is 3.08. The standard InChI is InChI=1S/C14H20.C11H16/c1-4-12(2)8-7-11-14-10-6-5-9-13(14)3;1-3-10(4-2)11-8-6-5-7-9-11/h5-6,9-10H,2,4,7-8,11H2,1,3H3;5-10H,3-4H2,1-2H3. The Morgan fingerprint density at radius 3 is 2.04 bits per heavy atom. The van der Waals surface area contributed by atoms with Crippen molar-refractivity contribution in [2.45, 2.75) is 72.1 Å². The summed E-state index contributed by atoms with van der Waals surface area (Å²) in [5.74, 6) is 0.760. The second kappa shape index (κ2) is 12.5. The highest BCUT2D eigenvalue weighted by Crippen LogP contribution is 2.21. The first kappa shape index (κ1) is 21.2. The second-order valence-corrected chi connectivity index (χ2v) is 6.81. The van der Waals surface area contributed by atoms with Gasteiger partial charge >= 0.3 is 0 Å². The smallest absolute Gasteiger partial charge is 0.0167 e. The van der Waals surface area contributed by atoms with Gasteiger partial charge in [0.25, 0.3) is 0 Å². The zero-order valence-corrected chi connectivity index (χ0v) is 16.7. The van der Waals surface area contributed by atoms with Gasteiger partial charge in [-0.3, -0.25) is 0 Å². The van der Waals surface area contributed by atoms with E-state index in [1.165, 1.54) is 54.4 Å². The van der Waals surface area contributed by atoms with Crippen LogP contribution in [0, 0.1) is 6.92 Å². The van der Waals surface area contributed by atoms with E-state index in [1.807, 2.05) is 0 Å². The summed E-state index contributed by atoms with van der Waals surface area (Å²) in [5, 5.41) is 0. The molecule has 0 unspecified atom stereocenters. The van der Waals surface area contributed by atoms with Crippen LogP contribution in [0.25, 0.3) is 0 Å². The number of rotatable bonds is 8. The van der Waals surface area contributed by atoms with Crippen molar-refractivity contribution >= 4 is 0 Å². The molecule has 0 aromatic heterocycles. The van der Waals surface area contributed by atoms with Crippen molar-refractivity contribution < 1.29 is 0 Å². The van der Waals surface area contributed by atoms with E-state index < -0.39 is 0 Å². The molecule has 0 saturated heterocycles. The molecule has 2 aromatic carbocycles. The van der Waals surface area contributed by atoms with Gasteiger partial charge in [0.2, 0.25) is 0 Å². The molecule has 0 N–H and O–H groups in total. The molecular formula is C25H36. The van der Waals surface area contributed by atoms with Gasteiger partial charge in [-0.1, -0.05) is 87.5 Å². The molecule has 136 valence electrons. The van der Waals surface area contributed by atoms with E-state index in [0.717, 1.165) is 12.3 Å². The Kier molecular flexibility index (Phi) is 10.6. The van der Waals surface area contributed by atoms with E-state index >= 15 is 0 Å². The third-order valence-corrected chi connectivity index (χ3v) is 4.99. The molecule has 0 atom stereocenters. The van der Waals surface area contributed by atoms with Crippen molar-refractivity contribution in [3.63, 3.8) is 0 Å². The lowest BCUT2D eigenvalue weighted by molar-refractivity contribution is 0.642. The SMILES string of the molecule is C=C(CC)CCCc1ccccc1C.CCC(CC)c1ccccc1. The molecule has 0 spiro atoms. The van der Waals surface area contributed by atoms with E-state index in [-0.39, 0.29) is 0 Å².